The molecule has 3 rings (SSSR count). The van der Waals surface area contributed by atoms with E-state index in [9.17, 15) is 0 Å². The van der Waals surface area contributed by atoms with Crippen molar-refractivity contribution < 1.29 is 0 Å². The largest absolute Gasteiger partial charge is 0.298 e. The molecule has 4 nitrogen and oxygen atoms in total. The quantitative estimate of drug-likeness (QED) is 0.645. The molecule has 1 aliphatic heterocycles. The van der Waals surface area contributed by atoms with Crippen LogP contribution < -0.4 is 0 Å². The van der Waals surface area contributed by atoms with E-state index in [2.05, 4.69) is 33.2 Å². The first-order valence-electron chi connectivity index (χ1n) is 5.29. The molecule has 0 N–H and O–H groups in total. The van der Waals surface area contributed by atoms with Gasteiger partial charge < -0.3 is 0 Å². The van der Waals surface area contributed by atoms with Gasteiger partial charge in [-0.25, -0.2) is 9.97 Å². The minimum Gasteiger partial charge on any atom is -0.298 e. The van der Waals surface area contributed by atoms with Gasteiger partial charge in [0.05, 0.1) is 11.4 Å². The molecule has 2 aromatic rings. The van der Waals surface area contributed by atoms with Crippen molar-refractivity contribution in [2.45, 2.75) is 19.4 Å². The zero-order valence-corrected chi connectivity index (χ0v) is 9.01. The summed E-state index contributed by atoms with van der Waals surface area (Å²) in [5.41, 5.74) is 2.51. The number of nitrogens with zero attached hydrogens (tertiary/aromatic N) is 4. The first-order chi connectivity index (χ1) is 7.27. The first-order valence-corrected chi connectivity index (χ1v) is 5.29. The Kier molecular flexibility index (Phi) is 1.79. The second kappa shape index (κ2) is 3.03. The fourth-order valence-corrected chi connectivity index (χ4v) is 2.26. The molecule has 78 valence electrons. The molecule has 1 atom stereocenters. The molecule has 1 aliphatic rings. The van der Waals surface area contributed by atoms with Crippen LogP contribution in [0, 0.1) is 0 Å². The van der Waals surface area contributed by atoms with Crippen LogP contribution in [0.3, 0.4) is 0 Å². The van der Waals surface area contributed by atoms with Gasteiger partial charge in [0, 0.05) is 31.4 Å². The van der Waals surface area contributed by atoms with Crippen LogP contribution in [0.15, 0.2) is 18.5 Å². The van der Waals surface area contributed by atoms with E-state index in [1.54, 1.807) is 6.20 Å². The molecular weight excluding hydrogens is 188 g/mol. The maximum atomic E-state index is 4.56. The molecule has 0 saturated heterocycles. The normalized spacial score (nSPS) is 21.9. The highest BCUT2D eigenvalue weighted by molar-refractivity contribution is 5.37. The molecule has 15 heavy (non-hydrogen) atoms. The van der Waals surface area contributed by atoms with E-state index < -0.39 is 0 Å². The van der Waals surface area contributed by atoms with E-state index in [0.717, 1.165) is 18.7 Å². The highest BCUT2D eigenvalue weighted by Crippen LogP contribution is 2.27. The second-order valence-electron chi connectivity index (χ2n) is 4.14. The third-order valence-corrected chi connectivity index (χ3v) is 3.28. The molecule has 0 spiro atoms. The lowest BCUT2D eigenvalue weighted by Crippen LogP contribution is -2.31. The molecule has 0 amide bonds. The fourth-order valence-electron chi connectivity index (χ4n) is 2.26. The molecule has 3 heterocycles. The van der Waals surface area contributed by atoms with E-state index >= 15 is 0 Å². The van der Waals surface area contributed by atoms with E-state index in [0.29, 0.717) is 6.04 Å². The summed E-state index contributed by atoms with van der Waals surface area (Å²) in [6.07, 6.45) is 4.87. The Bertz CT molecular complexity index is 502. The van der Waals surface area contributed by atoms with Gasteiger partial charge in [-0.1, -0.05) is 0 Å². The lowest BCUT2D eigenvalue weighted by Gasteiger charge is -2.29. The molecule has 0 unspecified atom stereocenters. The van der Waals surface area contributed by atoms with Gasteiger partial charge in [-0.2, -0.15) is 0 Å². The Hall–Kier alpha value is -1.42. The zero-order valence-electron chi connectivity index (χ0n) is 9.01. The zero-order chi connectivity index (χ0) is 10.4. The lowest BCUT2D eigenvalue weighted by molar-refractivity contribution is 0.240. The number of likely N-dealkylation sites (N-methyl/N-ethyl adjacent to an activating group) is 1. The molecule has 0 fully saturated rings. The summed E-state index contributed by atoms with van der Waals surface area (Å²) >= 11 is 0. The number of fused-ring (bicyclic) bond motifs is 3. The Morgan fingerprint density at radius 1 is 1.47 bits per heavy atom. The molecule has 0 radical (unpaired) electrons. The summed E-state index contributed by atoms with van der Waals surface area (Å²) in [4.78, 5) is 11.2. The number of imidazole rings is 1. The van der Waals surface area contributed by atoms with Gasteiger partial charge in [0.1, 0.15) is 0 Å². The van der Waals surface area contributed by atoms with Crippen molar-refractivity contribution in [3.63, 3.8) is 0 Å². The van der Waals surface area contributed by atoms with E-state index in [4.69, 9.17) is 0 Å². The number of hydrogen-bond donors (Lipinski definition) is 0. The molecule has 4 heteroatoms. The number of rotatable bonds is 0. The van der Waals surface area contributed by atoms with Crippen LogP contribution in [-0.2, 0) is 6.42 Å². The minimum absolute atomic E-state index is 0.424. The van der Waals surface area contributed by atoms with Crippen molar-refractivity contribution in [1.29, 1.82) is 0 Å². The SMILES string of the molecule is C[C@H]1c2c(nc3ncccn23)CCN1C. The van der Waals surface area contributed by atoms with Crippen LogP contribution in [0.1, 0.15) is 24.4 Å². The number of aromatic nitrogens is 3. The summed E-state index contributed by atoms with van der Waals surface area (Å²) in [6.45, 7) is 3.30. The van der Waals surface area contributed by atoms with Crippen LogP contribution in [0.25, 0.3) is 5.78 Å². The van der Waals surface area contributed by atoms with Gasteiger partial charge in [-0.3, -0.25) is 9.30 Å². The maximum Gasteiger partial charge on any atom is 0.234 e. The third-order valence-electron chi connectivity index (χ3n) is 3.28. The van der Waals surface area contributed by atoms with E-state index in [1.807, 2.05) is 12.3 Å². The smallest absolute Gasteiger partial charge is 0.234 e. The van der Waals surface area contributed by atoms with Gasteiger partial charge in [0.2, 0.25) is 5.78 Å². The van der Waals surface area contributed by atoms with Gasteiger partial charge >= 0.3 is 0 Å². The van der Waals surface area contributed by atoms with Gasteiger partial charge in [-0.15, -0.1) is 0 Å². The van der Waals surface area contributed by atoms with Gasteiger partial charge in [0.15, 0.2) is 0 Å². The molecular formula is C11H14N4. The van der Waals surface area contributed by atoms with Gasteiger partial charge in [0.25, 0.3) is 0 Å². The Labute approximate surface area is 88.6 Å². The van der Waals surface area contributed by atoms with Crippen LogP contribution in [0.4, 0.5) is 0 Å². The van der Waals surface area contributed by atoms with Crippen molar-refractivity contribution >= 4 is 5.78 Å². The first kappa shape index (κ1) is 8.85. The van der Waals surface area contributed by atoms with Crippen molar-refractivity contribution in [2.75, 3.05) is 13.6 Å². The summed E-state index contributed by atoms with van der Waals surface area (Å²) < 4.78 is 2.11. The molecule has 0 bridgehead atoms. The summed E-state index contributed by atoms with van der Waals surface area (Å²) in [5.74, 6) is 0.824. The molecule has 2 aromatic heterocycles. The fraction of sp³-hybridized carbons (Fsp3) is 0.455. The van der Waals surface area contributed by atoms with Gasteiger partial charge in [-0.05, 0) is 20.0 Å². The lowest BCUT2D eigenvalue weighted by atomic mass is 10.1. The van der Waals surface area contributed by atoms with Crippen LogP contribution in [-0.4, -0.2) is 32.9 Å². The Morgan fingerprint density at radius 3 is 3.20 bits per heavy atom. The predicted octanol–water partition coefficient (Wildman–Crippen LogP) is 1.28. The maximum absolute atomic E-state index is 4.56. The average Bonchev–Trinajstić information content (AvgIpc) is 2.62. The minimum atomic E-state index is 0.424. The average molecular weight is 202 g/mol. The highest BCUT2D eigenvalue weighted by atomic mass is 15.2. The molecule has 0 aromatic carbocycles. The van der Waals surface area contributed by atoms with Crippen LogP contribution >= 0.6 is 0 Å². The summed E-state index contributed by atoms with van der Waals surface area (Å²) in [5, 5.41) is 0. The van der Waals surface area contributed by atoms with E-state index in [1.165, 1.54) is 11.4 Å². The highest BCUT2D eigenvalue weighted by Gasteiger charge is 2.25. The van der Waals surface area contributed by atoms with Crippen LogP contribution in [0.5, 0.6) is 0 Å². The van der Waals surface area contributed by atoms with Crippen molar-refractivity contribution in [3.8, 4) is 0 Å². The third kappa shape index (κ3) is 1.18. The van der Waals surface area contributed by atoms with Crippen molar-refractivity contribution in [2.24, 2.45) is 0 Å². The van der Waals surface area contributed by atoms with Crippen LogP contribution in [0.2, 0.25) is 0 Å². The molecule has 0 aliphatic carbocycles. The predicted molar refractivity (Wildman–Crippen MR) is 57.7 cm³/mol. The molecule has 0 saturated carbocycles. The van der Waals surface area contributed by atoms with Crippen molar-refractivity contribution in [1.82, 2.24) is 19.3 Å². The second-order valence-corrected chi connectivity index (χ2v) is 4.14. The summed E-state index contributed by atoms with van der Waals surface area (Å²) in [7, 11) is 2.16. The topological polar surface area (TPSA) is 33.4 Å². The van der Waals surface area contributed by atoms with E-state index in [-0.39, 0.29) is 0 Å². The van der Waals surface area contributed by atoms with Crippen molar-refractivity contribution in [3.05, 3.63) is 29.8 Å². The number of hydrogen-bond acceptors (Lipinski definition) is 3. The monoisotopic (exact) mass is 202 g/mol. The summed E-state index contributed by atoms with van der Waals surface area (Å²) in [6, 6.07) is 2.38. The Morgan fingerprint density at radius 2 is 2.33 bits per heavy atom. The Balaban J connectivity index is 2.29. The standard InChI is InChI=1S/C11H14N4/c1-8-10-9(4-7-14(8)2)13-11-12-5-3-6-15(10)11/h3,5-6,8H,4,7H2,1-2H3/t8-/m0/s1.